The fraction of sp³-hybridized carbons (Fsp3) is 0.111. The molecule has 0 aliphatic heterocycles. The topological polar surface area (TPSA) is 51.8 Å². The Hall–Kier alpha value is -1.49. The lowest BCUT2D eigenvalue weighted by molar-refractivity contribution is 0.622. The maximum absolute atomic E-state index is 13.6. The number of nitrogens with two attached hydrogens (primary N) is 1. The van der Waals surface area contributed by atoms with Crippen LogP contribution in [0.1, 0.15) is 5.56 Å². The van der Waals surface area contributed by atoms with Crippen LogP contribution in [0.15, 0.2) is 18.2 Å². The number of hydrogen-bond donors (Lipinski definition) is 1. The van der Waals surface area contributed by atoms with E-state index in [0.717, 1.165) is 11.5 Å². The molecule has 0 fully saturated rings. The number of aromatic nitrogens is 2. The van der Waals surface area contributed by atoms with Crippen LogP contribution >= 0.6 is 11.5 Å². The molecule has 0 bridgehead atoms. The first-order valence-electron chi connectivity index (χ1n) is 4.03. The van der Waals surface area contributed by atoms with Gasteiger partial charge in [-0.25, -0.2) is 4.39 Å². The van der Waals surface area contributed by atoms with Gasteiger partial charge in [-0.2, -0.15) is 9.36 Å². The lowest BCUT2D eigenvalue weighted by atomic mass is 10.1. The zero-order valence-corrected chi connectivity index (χ0v) is 8.31. The van der Waals surface area contributed by atoms with E-state index >= 15 is 0 Å². The van der Waals surface area contributed by atoms with Gasteiger partial charge in [0.25, 0.3) is 0 Å². The second-order valence-corrected chi connectivity index (χ2v) is 3.65. The van der Waals surface area contributed by atoms with Crippen molar-refractivity contribution in [3.8, 4) is 10.6 Å². The Morgan fingerprint density at radius 1 is 1.43 bits per heavy atom. The van der Waals surface area contributed by atoms with E-state index in [1.54, 1.807) is 25.1 Å². The molecular formula is C9H8FN3S. The Kier molecular flexibility index (Phi) is 2.17. The third-order valence-corrected chi connectivity index (χ3v) is 2.63. The molecule has 0 atom stereocenters. The Labute approximate surface area is 84.6 Å². The molecule has 72 valence electrons. The molecule has 0 radical (unpaired) electrons. The predicted molar refractivity (Wildman–Crippen MR) is 54.5 cm³/mol. The van der Waals surface area contributed by atoms with Gasteiger partial charge in [0, 0.05) is 5.56 Å². The van der Waals surface area contributed by atoms with Crippen LogP contribution < -0.4 is 5.73 Å². The van der Waals surface area contributed by atoms with Gasteiger partial charge < -0.3 is 5.73 Å². The molecule has 14 heavy (non-hydrogen) atoms. The molecule has 0 saturated heterocycles. The van der Waals surface area contributed by atoms with Gasteiger partial charge in [-0.05, 0) is 30.1 Å². The third kappa shape index (κ3) is 1.46. The fourth-order valence-corrected chi connectivity index (χ4v) is 1.77. The lowest BCUT2D eigenvalue weighted by Crippen LogP contribution is -1.89. The monoisotopic (exact) mass is 209 g/mol. The van der Waals surface area contributed by atoms with Gasteiger partial charge in [0.1, 0.15) is 10.8 Å². The molecule has 1 aromatic carbocycles. The highest BCUT2D eigenvalue weighted by molar-refractivity contribution is 7.09. The number of nitrogens with zero attached hydrogens (tertiary/aromatic N) is 2. The average Bonchev–Trinajstić information content (AvgIpc) is 2.57. The van der Waals surface area contributed by atoms with Crippen molar-refractivity contribution in [1.82, 2.24) is 9.36 Å². The predicted octanol–water partition coefficient (Wildman–Crippen LogP) is 2.23. The zero-order valence-electron chi connectivity index (χ0n) is 7.49. The summed E-state index contributed by atoms with van der Waals surface area (Å²) in [6, 6.07) is 5.16. The number of aryl methyl sites for hydroxylation is 1. The van der Waals surface area contributed by atoms with Gasteiger partial charge in [-0.15, -0.1) is 0 Å². The van der Waals surface area contributed by atoms with E-state index in [-0.39, 0.29) is 11.8 Å². The van der Waals surface area contributed by atoms with Gasteiger partial charge in [-0.3, -0.25) is 0 Å². The van der Waals surface area contributed by atoms with Gasteiger partial charge in [0.2, 0.25) is 5.95 Å². The smallest absolute Gasteiger partial charge is 0.232 e. The summed E-state index contributed by atoms with van der Waals surface area (Å²) in [6.07, 6.45) is 0. The minimum atomic E-state index is -0.261. The Morgan fingerprint density at radius 2 is 2.21 bits per heavy atom. The molecule has 2 N–H and O–H groups in total. The molecule has 3 nitrogen and oxygen atoms in total. The summed E-state index contributed by atoms with van der Waals surface area (Å²) in [5.41, 5.74) is 6.42. The third-order valence-electron chi connectivity index (χ3n) is 1.86. The summed E-state index contributed by atoms with van der Waals surface area (Å²) in [7, 11) is 0. The Morgan fingerprint density at radius 3 is 2.86 bits per heavy atom. The van der Waals surface area contributed by atoms with Crippen LogP contribution in [-0.4, -0.2) is 9.36 Å². The molecule has 0 saturated carbocycles. The fourth-order valence-electron chi connectivity index (χ4n) is 1.16. The normalized spacial score (nSPS) is 10.4. The van der Waals surface area contributed by atoms with Crippen LogP contribution in [0.25, 0.3) is 10.6 Å². The first-order chi connectivity index (χ1) is 6.68. The van der Waals surface area contributed by atoms with E-state index in [0.29, 0.717) is 16.1 Å². The zero-order chi connectivity index (χ0) is 10.1. The highest BCUT2D eigenvalue weighted by Crippen LogP contribution is 2.26. The molecule has 1 aromatic heterocycles. The number of rotatable bonds is 1. The summed E-state index contributed by atoms with van der Waals surface area (Å²) >= 11 is 1.10. The standard InChI is InChI=1S/C9H8FN3S/c1-5-3-2-4-6(7(5)10)8-12-9(11)13-14-8/h2-4H,1H3,(H2,11,13). The number of benzene rings is 1. The maximum atomic E-state index is 13.6. The molecule has 0 amide bonds. The van der Waals surface area contributed by atoms with Gasteiger partial charge >= 0.3 is 0 Å². The Balaban J connectivity index is 2.57. The number of anilines is 1. The Bertz CT molecular complexity index is 467. The number of hydrogen-bond acceptors (Lipinski definition) is 4. The molecule has 0 aliphatic carbocycles. The molecule has 2 rings (SSSR count). The van der Waals surface area contributed by atoms with Crippen LogP contribution in [0.4, 0.5) is 10.3 Å². The molecule has 0 spiro atoms. The SMILES string of the molecule is Cc1cccc(-c2nc(N)ns2)c1F. The highest BCUT2D eigenvalue weighted by atomic mass is 32.1. The quantitative estimate of drug-likeness (QED) is 0.783. The minimum absolute atomic E-state index is 0.186. The van der Waals surface area contributed by atoms with Crippen LogP contribution in [0.3, 0.4) is 0 Å². The molecule has 5 heteroatoms. The largest absolute Gasteiger partial charge is 0.367 e. The van der Waals surface area contributed by atoms with Crippen LogP contribution in [-0.2, 0) is 0 Å². The lowest BCUT2D eigenvalue weighted by Gasteiger charge is -2.00. The van der Waals surface area contributed by atoms with Crippen molar-refractivity contribution in [2.45, 2.75) is 6.92 Å². The van der Waals surface area contributed by atoms with Crippen LogP contribution in [0.5, 0.6) is 0 Å². The van der Waals surface area contributed by atoms with Crippen molar-refractivity contribution in [2.24, 2.45) is 0 Å². The second-order valence-electron chi connectivity index (χ2n) is 2.89. The summed E-state index contributed by atoms with van der Waals surface area (Å²) in [5.74, 6) is -0.0745. The summed E-state index contributed by atoms with van der Waals surface area (Å²) in [6.45, 7) is 1.71. The van der Waals surface area contributed by atoms with E-state index in [9.17, 15) is 4.39 Å². The van der Waals surface area contributed by atoms with Crippen molar-refractivity contribution >= 4 is 17.5 Å². The van der Waals surface area contributed by atoms with Crippen molar-refractivity contribution in [1.29, 1.82) is 0 Å². The first kappa shape index (κ1) is 9.08. The van der Waals surface area contributed by atoms with E-state index in [2.05, 4.69) is 9.36 Å². The summed E-state index contributed by atoms with van der Waals surface area (Å²) in [4.78, 5) is 3.93. The molecular weight excluding hydrogens is 201 g/mol. The van der Waals surface area contributed by atoms with Gasteiger partial charge in [-0.1, -0.05) is 12.1 Å². The van der Waals surface area contributed by atoms with E-state index < -0.39 is 0 Å². The van der Waals surface area contributed by atoms with E-state index in [1.807, 2.05) is 0 Å². The van der Waals surface area contributed by atoms with E-state index in [4.69, 9.17) is 5.73 Å². The van der Waals surface area contributed by atoms with Crippen molar-refractivity contribution in [3.05, 3.63) is 29.6 Å². The second kappa shape index (κ2) is 3.34. The summed E-state index contributed by atoms with van der Waals surface area (Å²) in [5, 5.41) is 0.517. The molecule has 0 unspecified atom stereocenters. The molecule has 2 aromatic rings. The number of halogens is 1. The van der Waals surface area contributed by atoms with Crippen LogP contribution in [0, 0.1) is 12.7 Å². The van der Waals surface area contributed by atoms with Crippen molar-refractivity contribution in [2.75, 3.05) is 5.73 Å². The van der Waals surface area contributed by atoms with Gasteiger partial charge in [0.15, 0.2) is 0 Å². The number of nitrogen functional groups attached to an aromatic ring is 1. The van der Waals surface area contributed by atoms with Crippen molar-refractivity contribution < 1.29 is 4.39 Å². The first-order valence-corrected chi connectivity index (χ1v) is 4.80. The van der Waals surface area contributed by atoms with E-state index in [1.165, 1.54) is 0 Å². The molecule has 0 aliphatic rings. The van der Waals surface area contributed by atoms with Gasteiger partial charge in [0.05, 0.1) is 0 Å². The van der Waals surface area contributed by atoms with Crippen LogP contribution in [0.2, 0.25) is 0 Å². The van der Waals surface area contributed by atoms with Crippen molar-refractivity contribution in [3.63, 3.8) is 0 Å². The summed E-state index contributed by atoms with van der Waals surface area (Å²) < 4.78 is 17.4. The average molecular weight is 209 g/mol. The minimum Gasteiger partial charge on any atom is -0.367 e. The molecule has 1 heterocycles. The maximum Gasteiger partial charge on any atom is 0.232 e. The highest BCUT2D eigenvalue weighted by Gasteiger charge is 2.10.